The van der Waals surface area contributed by atoms with E-state index in [0.717, 1.165) is 24.2 Å². The van der Waals surface area contributed by atoms with Crippen LogP contribution in [0.5, 0.6) is 5.75 Å². The summed E-state index contributed by atoms with van der Waals surface area (Å²) in [6.45, 7) is 8.01. The van der Waals surface area contributed by atoms with Crippen molar-refractivity contribution in [3.63, 3.8) is 0 Å². The highest BCUT2D eigenvalue weighted by molar-refractivity contribution is 5.81. The number of hydrogen-bond donors (Lipinski definition) is 1. The first-order valence-electron chi connectivity index (χ1n) is 9.60. The summed E-state index contributed by atoms with van der Waals surface area (Å²) in [5.74, 6) is 0.787. The lowest BCUT2D eigenvalue weighted by molar-refractivity contribution is -0.127. The smallest absolute Gasteiger partial charge is 0.261 e. The number of fused-ring (bicyclic) bond motifs is 1. The summed E-state index contributed by atoms with van der Waals surface area (Å²) in [7, 11) is 0. The number of amides is 1. The lowest BCUT2D eigenvalue weighted by atomic mass is 9.91. The maximum Gasteiger partial charge on any atom is 0.261 e. The highest BCUT2D eigenvalue weighted by Gasteiger charge is 2.21. The molecule has 1 aliphatic carbocycles. The van der Waals surface area contributed by atoms with E-state index in [9.17, 15) is 4.79 Å². The molecule has 0 radical (unpaired) electrons. The van der Waals surface area contributed by atoms with Crippen LogP contribution in [0.2, 0.25) is 0 Å². The lowest BCUT2D eigenvalue weighted by Gasteiger charge is -2.23. The van der Waals surface area contributed by atoms with Crippen molar-refractivity contribution in [2.24, 2.45) is 0 Å². The van der Waals surface area contributed by atoms with Crippen LogP contribution in [0.3, 0.4) is 0 Å². The molecule has 0 heterocycles. The fraction of sp³-hybridized carbons (Fsp3) is 0.435. The first-order chi connectivity index (χ1) is 12.5. The molecule has 1 amide bonds. The molecule has 138 valence electrons. The second-order valence-electron chi connectivity index (χ2n) is 7.45. The zero-order valence-corrected chi connectivity index (χ0v) is 16.3. The Kier molecular flexibility index (Phi) is 5.65. The summed E-state index contributed by atoms with van der Waals surface area (Å²) in [4.78, 5) is 12.6. The van der Waals surface area contributed by atoms with Gasteiger partial charge in [-0.15, -0.1) is 0 Å². The zero-order chi connectivity index (χ0) is 18.7. The largest absolute Gasteiger partial charge is 0.481 e. The van der Waals surface area contributed by atoms with E-state index in [1.807, 2.05) is 26.0 Å². The molecular weight excluding hydrogens is 322 g/mol. The Bertz CT molecular complexity index is 797. The molecule has 1 N–H and O–H groups in total. The Morgan fingerprint density at radius 2 is 1.85 bits per heavy atom. The van der Waals surface area contributed by atoms with Gasteiger partial charge in [0, 0.05) is 0 Å². The van der Waals surface area contributed by atoms with Crippen molar-refractivity contribution in [2.45, 2.75) is 65.5 Å². The molecule has 0 bridgehead atoms. The van der Waals surface area contributed by atoms with Crippen LogP contribution in [0.25, 0.3) is 0 Å². The number of rotatable bonds is 5. The molecule has 2 atom stereocenters. The van der Waals surface area contributed by atoms with E-state index in [0.29, 0.717) is 0 Å². The Balaban J connectivity index is 1.67. The van der Waals surface area contributed by atoms with Crippen molar-refractivity contribution in [2.75, 3.05) is 0 Å². The molecule has 0 spiro atoms. The molecule has 0 saturated carbocycles. The average Bonchev–Trinajstić information content (AvgIpc) is 2.61. The Labute approximate surface area is 156 Å². The van der Waals surface area contributed by atoms with E-state index < -0.39 is 6.10 Å². The predicted octanol–water partition coefficient (Wildman–Crippen LogP) is 4.83. The third kappa shape index (κ3) is 4.09. The van der Waals surface area contributed by atoms with Gasteiger partial charge in [-0.05, 0) is 81.7 Å². The summed E-state index contributed by atoms with van der Waals surface area (Å²) < 4.78 is 6.05. The van der Waals surface area contributed by atoms with Crippen molar-refractivity contribution in [3.05, 3.63) is 64.2 Å². The average molecular weight is 351 g/mol. The Morgan fingerprint density at radius 1 is 1.08 bits per heavy atom. The van der Waals surface area contributed by atoms with E-state index in [1.165, 1.54) is 35.1 Å². The number of hydrogen-bond acceptors (Lipinski definition) is 2. The standard InChI is InChI=1S/C23H29NO2/c1-15-12-13-20(16(2)14-15)17(3)24-23(25)18(4)26-22-11-7-9-19-8-5-6-10-21(19)22/h7,9,11-14,17-18H,5-6,8,10H2,1-4H3,(H,24,25)/t17-,18-/m1/s1. The number of aryl methyl sites for hydroxylation is 3. The van der Waals surface area contributed by atoms with Crippen molar-refractivity contribution in [1.29, 1.82) is 0 Å². The van der Waals surface area contributed by atoms with E-state index in [2.05, 4.69) is 43.4 Å². The van der Waals surface area contributed by atoms with Gasteiger partial charge in [-0.2, -0.15) is 0 Å². The number of benzene rings is 2. The predicted molar refractivity (Wildman–Crippen MR) is 106 cm³/mol. The van der Waals surface area contributed by atoms with Crippen molar-refractivity contribution in [1.82, 2.24) is 5.32 Å². The molecule has 26 heavy (non-hydrogen) atoms. The summed E-state index contributed by atoms with van der Waals surface area (Å²) in [6, 6.07) is 12.5. The number of carbonyl (C=O) groups is 1. The molecule has 0 aliphatic heterocycles. The maximum atomic E-state index is 12.6. The van der Waals surface area contributed by atoms with Gasteiger partial charge < -0.3 is 10.1 Å². The topological polar surface area (TPSA) is 38.3 Å². The molecule has 3 heteroatoms. The molecular formula is C23H29NO2. The van der Waals surface area contributed by atoms with E-state index in [1.54, 1.807) is 0 Å². The number of nitrogens with one attached hydrogen (secondary N) is 1. The monoisotopic (exact) mass is 351 g/mol. The first kappa shape index (κ1) is 18.5. The highest BCUT2D eigenvalue weighted by Crippen LogP contribution is 2.30. The van der Waals surface area contributed by atoms with Crippen LogP contribution in [-0.2, 0) is 17.6 Å². The molecule has 2 aromatic rings. The van der Waals surface area contributed by atoms with Crippen LogP contribution >= 0.6 is 0 Å². The molecule has 2 aromatic carbocycles. The van der Waals surface area contributed by atoms with Crippen molar-refractivity contribution >= 4 is 5.91 Å². The van der Waals surface area contributed by atoms with Gasteiger partial charge in [0.2, 0.25) is 0 Å². The van der Waals surface area contributed by atoms with E-state index >= 15 is 0 Å². The molecule has 0 saturated heterocycles. The van der Waals surface area contributed by atoms with Gasteiger partial charge in [0.1, 0.15) is 5.75 Å². The summed E-state index contributed by atoms with van der Waals surface area (Å²) in [5, 5.41) is 3.09. The molecule has 3 nitrogen and oxygen atoms in total. The zero-order valence-electron chi connectivity index (χ0n) is 16.3. The summed E-state index contributed by atoms with van der Waals surface area (Å²) in [6.07, 6.45) is 4.06. The maximum absolute atomic E-state index is 12.6. The van der Waals surface area contributed by atoms with Crippen molar-refractivity contribution < 1.29 is 9.53 Å². The van der Waals surface area contributed by atoms with Crippen LogP contribution in [0.15, 0.2) is 36.4 Å². The summed E-state index contributed by atoms with van der Waals surface area (Å²) >= 11 is 0. The van der Waals surface area contributed by atoms with Gasteiger partial charge in [0.25, 0.3) is 5.91 Å². The van der Waals surface area contributed by atoms with Crippen LogP contribution in [0.1, 0.15) is 60.5 Å². The van der Waals surface area contributed by atoms with Gasteiger partial charge in [-0.1, -0.05) is 35.9 Å². The second kappa shape index (κ2) is 7.94. The summed E-state index contributed by atoms with van der Waals surface area (Å²) in [5.41, 5.74) is 6.22. The minimum Gasteiger partial charge on any atom is -0.481 e. The highest BCUT2D eigenvalue weighted by atomic mass is 16.5. The molecule has 0 aromatic heterocycles. The lowest BCUT2D eigenvalue weighted by Crippen LogP contribution is -2.38. The molecule has 1 aliphatic rings. The minimum absolute atomic E-state index is 0.0427. The quantitative estimate of drug-likeness (QED) is 0.838. The fourth-order valence-corrected chi connectivity index (χ4v) is 3.82. The Hall–Kier alpha value is -2.29. The third-order valence-corrected chi connectivity index (χ3v) is 5.28. The third-order valence-electron chi connectivity index (χ3n) is 5.28. The van der Waals surface area contributed by atoms with Crippen molar-refractivity contribution in [3.8, 4) is 5.75 Å². The number of carbonyl (C=O) groups excluding carboxylic acids is 1. The van der Waals surface area contributed by atoms with E-state index in [4.69, 9.17) is 4.74 Å². The van der Waals surface area contributed by atoms with Crippen LogP contribution in [0, 0.1) is 13.8 Å². The SMILES string of the molecule is Cc1ccc([C@@H](C)NC(=O)[C@@H](C)Oc2cccc3c2CCCC3)c(C)c1. The first-order valence-corrected chi connectivity index (χ1v) is 9.60. The van der Waals surface area contributed by atoms with Gasteiger partial charge in [0.05, 0.1) is 6.04 Å². The molecule has 3 rings (SSSR count). The number of ether oxygens (including phenoxy) is 1. The van der Waals surface area contributed by atoms with Crippen LogP contribution in [0.4, 0.5) is 0 Å². The molecule has 0 unspecified atom stereocenters. The van der Waals surface area contributed by atoms with Gasteiger partial charge >= 0.3 is 0 Å². The van der Waals surface area contributed by atoms with E-state index in [-0.39, 0.29) is 11.9 Å². The Morgan fingerprint density at radius 3 is 2.62 bits per heavy atom. The second-order valence-corrected chi connectivity index (χ2v) is 7.45. The van der Waals surface area contributed by atoms with Crippen LogP contribution < -0.4 is 10.1 Å². The molecule has 0 fully saturated rings. The van der Waals surface area contributed by atoms with Gasteiger partial charge in [0.15, 0.2) is 6.10 Å². The minimum atomic E-state index is -0.517. The van der Waals surface area contributed by atoms with Gasteiger partial charge in [-0.3, -0.25) is 4.79 Å². The van der Waals surface area contributed by atoms with Crippen LogP contribution in [-0.4, -0.2) is 12.0 Å². The normalized spacial score (nSPS) is 15.7. The van der Waals surface area contributed by atoms with Gasteiger partial charge in [-0.25, -0.2) is 0 Å². The fourth-order valence-electron chi connectivity index (χ4n) is 3.82.